The second kappa shape index (κ2) is 15.3. The molecule has 0 heterocycles. The number of carbonyl (C=O) groups is 3. The summed E-state index contributed by atoms with van der Waals surface area (Å²) in [7, 11) is 3.05. The van der Waals surface area contributed by atoms with Gasteiger partial charge in [0.25, 0.3) is 11.8 Å². The van der Waals surface area contributed by atoms with Crippen molar-refractivity contribution in [3.05, 3.63) is 118 Å². The number of thioether (sulfide) groups is 1. The van der Waals surface area contributed by atoms with Crippen molar-refractivity contribution in [2.24, 2.45) is 0 Å². The number of nitrogens with one attached hydrogen (secondary N) is 3. The standard InChI is InChI=1S/C33H29Cl2N3O5S/c1-20(31(39)37-24-11-15-27(34)28(35)19-24)44-26-13-9-23(10-14-26)36-33(41)29(38-32(40)21-7-5-4-6-8-21)18-22-17-25(42-2)12-16-30(22)43-3/h4-20H,1-3H3,(H,36,41)(H,37,39)(H,38,40)/b29-18-. The van der Waals surface area contributed by atoms with E-state index in [2.05, 4.69) is 16.0 Å². The van der Waals surface area contributed by atoms with Gasteiger partial charge in [-0.2, -0.15) is 0 Å². The molecule has 44 heavy (non-hydrogen) atoms. The lowest BCUT2D eigenvalue weighted by atomic mass is 10.1. The Labute approximate surface area is 269 Å². The highest BCUT2D eigenvalue weighted by molar-refractivity contribution is 8.00. The van der Waals surface area contributed by atoms with E-state index in [1.807, 2.05) is 0 Å². The molecule has 4 aromatic rings. The van der Waals surface area contributed by atoms with Crippen LogP contribution in [0.2, 0.25) is 10.0 Å². The summed E-state index contributed by atoms with van der Waals surface area (Å²) in [5.41, 5.74) is 1.96. The van der Waals surface area contributed by atoms with Crippen molar-refractivity contribution in [1.29, 1.82) is 0 Å². The third-order valence-electron chi connectivity index (χ3n) is 6.25. The molecular formula is C33H29Cl2N3O5S. The van der Waals surface area contributed by atoms with Crippen molar-refractivity contribution in [2.45, 2.75) is 17.1 Å². The molecule has 1 atom stereocenters. The quantitative estimate of drug-likeness (QED) is 0.114. The van der Waals surface area contributed by atoms with Gasteiger partial charge in [0, 0.05) is 27.4 Å². The number of hydrogen-bond donors (Lipinski definition) is 3. The monoisotopic (exact) mass is 649 g/mol. The van der Waals surface area contributed by atoms with Gasteiger partial charge in [0.2, 0.25) is 5.91 Å². The molecule has 0 saturated heterocycles. The molecule has 1 unspecified atom stereocenters. The topological polar surface area (TPSA) is 106 Å². The van der Waals surface area contributed by atoms with Crippen LogP contribution in [0.15, 0.2) is 102 Å². The number of ether oxygens (including phenoxy) is 2. The van der Waals surface area contributed by atoms with Gasteiger partial charge in [-0.3, -0.25) is 14.4 Å². The molecule has 0 spiro atoms. The molecule has 8 nitrogen and oxygen atoms in total. The Hall–Kier alpha value is -4.44. The number of amides is 3. The first kappa shape index (κ1) is 32.5. The van der Waals surface area contributed by atoms with Gasteiger partial charge < -0.3 is 25.4 Å². The maximum atomic E-state index is 13.5. The Bertz CT molecular complexity index is 1680. The third kappa shape index (κ3) is 8.79. The first-order valence-electron chi connectivity index (χ1n) is 13.3. The molecule has 0 aliphatic carbocycles. The maximum Gasteiger partial charge on any atom is 0.272 e. The Morgan fingerprint density at radius 3 is 2.16 bits per heavy atom. The molecule has 3 amide bonds. The van der Waals surface area contributed by atoms with Crippen molar-refractivity contribution in [2.75, 3.05) is 24.9 Å². The van der Waals surface area contributed by atoms with Gasteiger partial charge in [-0.05, 0) is 85.8 Å². The van der Waals surface area contributed by atoms with E-state index in [0.717, 1.165) is 4.90 Å². The summed E-state index contributed by atoms with van der Waals surface area (Å²) in [5, 5.41) is 8.69. The van der Waals surface area contributed by atoms with E-state index in [0.29, 0.717) is 44.0 Å². The molecular weight excluding hydrogens is 621 g/mol. The first-order chi connectivity index (χ1) is 21.2. The van der Waals surface area contributed by atoms with E-state index >= 15 is 0 Å². The predicted octanol–water partition coefficient (Wildman–Crippen LogP) is 7.54. The predicted molar refractivity (Wildman–Crippen MR) is 177 cm³/mol. The van der Waals surface area contributed by atoms with Gasteiger partial charge in [0.1, 0.15) is 17.2 Å². The molecule has 3 N–H and O–H groups in total. The van der Waals surface area contributed by atoms with Gasteiger partial charge in [0.05, 0.1) is 29.5 Å². The van der Waals surface area contributed by atoms with Crippen molar-refractivity contribution in [1.82, 2.24) is 5.32 Å². The average molecular weight is 651 g/mol. The zero-order chi connectivity index (χ0) is 31.6. The highest BCUT2D eigenvalue weighted by atomic mass is 35.5. The van der Waals surface area contributed by atoms with E-state index < -0.39 is 17.1 Å². The van der Waals surface area contributed by atoms with E-state index in [1.54, 1.807) is 97.9 Å². The van der Waals surface area contributed by atoms with Gasteiger partial charge >= 0.3 is 0 Å². The Morgan fingerprint density at radius 2 is 1.50 bits per heavy atom. The van der Waals surface area contributed by atoms with Crippen LogP contribution in [0.1, 0.15) is 22.8 Å². The molecule has 0 fully saturated rings. The SMILES string of the molecule is COc1ccc(OC)c(/C=C(\NC(=O)c2ccccc2)C(=O)Nc2ccc(SC(C)C(=O)Nc3ccc(Cl)c(Cl)c3)cc2)c1. The fourth-order valence-corrected chi connectivity index (χ4v) is 5.11. The van der Waals surface area contributed by atoms with Crippen LogP contribution in [-0.4, -0.2) is 37.2 Å². The van der Waals surface area contributed by atoms with Crippen molar-refractivity contribution in [3.63, 3.8) is 0 Å². The molecule has 4 aromatic carbocycles. The zero-order valence-corrected chi connectivity index (χ0v) is 26.3. The number of benzene rings is 4. The number of methoxy groups -OCH3 is 2. The van der Waals surface area contributed by atoms with Gasteiger partial charge in [-0.15, -0.1) is 11.8 Å². The van der Waals surface area contributed by atoms with Crippen LogP contribution in [0, 0.1) is 0 Å². The van der Waals surface area contributed by atoms with Crippen LogP contribution in [0.5, 0.6) is 11.5 Å². The lowest BCUT2D eigenvalue weighted by molar-refractivity contribution is -0.115. The summed E-state index contributed by atoms with van der Waals surface area (Å²) >= 11 is 13.3. The summed E-state index contributed by atoms with van der Waals surface area (Å²) in [6.07, 6.45) is 1.52. The second-order valence-electron chi connectivity index (χ2n) is 9.34. The van der Waals surface area contributed by atoms with Crippen molar-refractivity contribution in [3.8, 4) is 11.5 Å². The minimum absolute atomic E-state index is 0.00328. The molecule has 0 bridgehead atoms. The number of rotatable bonds is 11. The Balaban J connectivity index is 1.48. The van der Waals surface area contributed by atoms with Crippen LogP contribution in [0.4, 0.5) is 11.4 Å². The average Bonchev–Trinajstić information content (AvgIpc) is 3.03. The Morgan fingerprint density at radius 1 is 0.795 bits per heavy atom. The van der Waals surface area contributed by atoms with Crippen LogP contribution in [0.3, 0.4) is 0 Å². The van der Waals surface area contributed by atoms with Gasteiger partial charge in [0.15, 0.2) is 0 Å². The van der Waals surface area contributed by atoms with Crippen molar-refractivity contribution < 1.29 is 23.9 Å². The molecule has 0 aliphatic rings. The zero-order valence-electron chi connectivity index (χ0n) is 24.0. The number of carbonyl (C=O) groups excluding carboxylic acids is 3. The number of hydrogen-bond acceptors (Lipinski definition) is 6. The summed E-state index contributed by atoms with van der Waals surface area (Å²) < 4.78 is 10.8. The lowest BCUT2D eigenvalue weighted by Crippen LogP contribution is -2.30. The minimum atomic E-state index is -0.547. The Kier molecular flexibility index (Phi) is 11.3. The van der Waals surface area contributed by atoms with E-state index in [1.165, 1.54) is 32.1 Å². The smallest absolute Gasteiger partial charge is 0.272 e. The highest BCUT2D eigenvalue weighted by Gasteiger charge is 2.18. The van der Waals surface area contributed by atoms with Crippen molar-refractivity contribution >= 4 is 70.1 Å². The first-order valence-corrected chi connectivity index (χ1v) is 14.9. The number of anilines is 2. The van der Waals surface area contributed by atoms with E-state index in [9.17, 15) is 14.4 Å². The summed E-state index contributed by atoms with van der Waals surface area (Å²) in [6, 6.07) is 25.6. The molecule has 0 aromatic heterocycles. The maximum absolute atomic E-state index is 13.5. The molecule has 11 heteroatoms. The fraction of sp³-hybridized carbons (Fsp3) is 0.121. The summed E-state index contributed by atoms with van der Waals surface area (Å²) in [4.78, 5) is 40.0. The summed E-state index contributed by atoms with van der Waals surface area (Å²) in [5.74, 6) is -0.159. The molecule has 0 radical (unpaired) electrons. The van der Waals surface area contributed by atoms with Crippen LogP contribution < -0.4 is 25.4 Å². The molecule has 226 valence electrons. The fourth-order valence-electron chi connectivity index (χ4n) is 3.94. The van der Waals surface area contributed by atoms with Crippen LogP contribution >= 0.6 is 35.0 Å². The van der Waals surface area contributed by atoms with E-state index in [-0.39, 0.29) is 11.6 Å². The molecule has 0 saturated carbocycles. The van der Waals surface area contributed by atoms with E-state index in [4.69, 9.17) is 32.7 Å². The minimum Gasteiger partial charge on any atom is -0.497 e. The highest BCUT2D eigenvalue weighted by Crippen LogP contribution is 2.29. The second-order valence-corrected chi connectivity index (χ2v) is 11.6. The normalized spacial score (nSPS) is 11.7. The molecule has 4 rings (SSSR count). The van der Waals surface area contributed by atoms with Gasteiger partial charge in [-0.25, -0.2) is 0 Å². The largest absolute Gasteiger partial charge is 0.497 e. The summed E-state index contributed by atoms with van der Waals surface area (Å²) in [6.45, 7) is 1.78. The molecule has 0 aliphatic heterocycles. The van der Waals surface area contributed by atoms with Crippen LogP contribution in [-0.2, 0) is 9.59 Å². The lowest BCUT2D eigenvalue weighted by Gasteiger charge is -2.14. The van der Waals surface area contributed by atoms with Crippen LogP contribution in [0.25, 0.3) is 6.08 Å². The number of halogens is 2. The third-order valence-corrected chi connectivity index (χ3v) is 8.10. The van der Waals surface area contributed by atoms with Gasteiger partial charge in [-0.1, -0.05) is 41.4 Å².